The van der Waals surface area contributed by atoms with Crippen LogP contribution < -0.4 is 0 Å². The fourth-order valence-electron chi connectivity index (χ4n) is 1.74. The van der Waals surface area contributed by atoms with E-state index in [4.69, 9.17) is 0 Å². The smallest absolute Gasteiger partial charge is 0.0652 e. The largest absolute Gasteiger partial charge is 0.390 e. The van der Waals surface area contributed by atoms with E-state index in [9.17, 15) is 10.2 Å². The Morgan fingerprint density at radius 2 is 1.44 bits per heavy atom. The van der Waals surface area contributed by atoms with Gasteiger partial charge in [-0.25, -0.2) is 0 Å². The Morgan fingerprint density at radius 1 is 0.938 bits per heavy atom. The average Bonchev–Trinajstić information content (AvgIpc) is 2.22. The number of rotatable bonds is 9. The molecule has 0 rings (SSSR count). The van der Waals surface area contributed by atoms with Crippen LogP contribution in [0.2, 0.25) is 0 Å². The van der Waals surface area contributed by atoms with Crippen molar-refractivity contribution in [2.45, 2.75) is 83.8 Å². The van der Waals surface area contributed by atoms with Crippen LogP contribution in [0.5, 0.6) is 0 Å². The molecule has 0 aromatic rings. The van der Waals surface area contributed by atoms with Crippen molar-refractivity contribution in [3.8, 4) is 0 Å². The molecule has 0 amide bonds. The van der Waals surface area contributed by atoms with Crippen molar-refractivity contribution in [3.05, 3.63) is 6.42 Å². The van der Waals surface area contributed by atoms with E-state index < -0.39 is 11.2 Å². The van der Waals surface area contributed by atoms with Crippen LogP contribution in [-0.4, -0.2) is 21.4 Å². The summed E-state index contributed by atoms with van der Waals surface area (Å²) in [7, 11) is 0. The molecular formula is C14H29O2. The van der Waals surface area contributed by atoms with Crippen molar-refractivity contribution < 1.29 is 10.2 Å². The fraction of sp³-hybridized carbons (Fsp3) is 0.929. The van der Waals surface area contributed by atoms with E-state index in [1.807, 2.05) is 20.3 Å². The quantitative estimate of drug-likeness (QED) is 0.635. The van der Waals surface area contributed by atoms with E-state index in [-0.39, 0.29) is 0 Å². The van der Waals surface area contributed by atoms with E-state index in [2.05, 4.69) is 13.8 Å². The molecule has 2 atom stereocenters. The lowest BCUT2D eigenvalue weighted by molar-refractivity contribution is 0.0209. The number of unbranched alkanes of at least 4 members (excludes halogenated alkanes) is 2. The van der Waals surface area contributed by atoms with Crippen molar-refractivity contribution in [2.24, 2.45) is 0 Å². The zero-order valence-corrected chi connectivity index (χ0v) is 11.4. The number of hydrogen-bond donors (Lipinski definition) is 2. The minimum atomic E-state index is -0.730. The zero-order valence-electron chi connectivity index (χ0n) is 11.4. The molecule has 0 aliphatic carbocycles. The second kappa shape index (κ2) is 7.29. The fourth-order valence-corrected chi connectivity index (χ4v) is 1.74. The molecule has 16 heavy (non-hydrogen) atoms. The predicted octanol–water partition coefficient (Wildman–Crippen LogP) is 3.46. The van der Waals surface area contributed by atoms with Crippen LogP contribution >= 0.6 is 0 Å². The normalized spacial score (nSPS) is 19.1. The van der Waals surface area contributed by atoms with Crippen molar-refractivity contribution in [1.82, 2.24) is 0 Å². The third-order valence-corrected chi connectivity index (χ3v) is 3.09. The van der Waals surface area contributed by atoms with Gasteiger partial charge in [-0.15, -0.1) is 0 Å². The van der Waals surface area contributed by atoms with Gasteiger partial charge >= 0.3 is 0 Å². The predicted molar refractivity (Wildman–Crippen MR) is 69.2 cm³/mol. The summed E-state index contributed by atoms with van der Waals surface area (Å²) < 4.78 is 0. The Morgan fingerprint density at radius 3 is 1.94 bits per heavy atom. The number of hydrogen-bond acceptors (Lipinski definition) is 2. The Kier molecular flexibility index (Phi) is 7.25. The van der Waals surface area contributed by atoms with Gasteiger partial charge in [-0.3, -0.25) is 0 Å². The highest BCUT2D eigenvalue weighted by Crippen LogP contribution is 2.26. The summed E-state index contributed by atoms with van der Waals surface area (Å²) in [5.41, 5.74) is -1.39. The summed E-state index contributed by atoms with van der Waals surface area (Å²) in [5.74, 6) is 0. The molecule has 0 aromatic carbocycles. The second-order valence-electron chi connectivity index (χ2n) is 5.47. The third kappa shape index (κ3) is 8.12. The van der Waals surface area contributed by atoms with Gasteiger partial charge in [0, 0.05) is 0 Å². The molecule has 97 valence electrons. The molecular weight excluding hydrogens is 200 g/mol. The lowest BCUT2D eigenvalue weighted by Crippen LogP contribution is -2.32. The first-order chi connectivity index (χ1) is 7.33. The molecule has 1 radical (unpaired) electrons. The molecule has 0 saturated heterocycles. The minimum Gasteiger partial charge on any atom is -0.390 e. The van der Waals surface area contributed by atoms with Gasteiger partial charge in [-0.2, -0.15) is 0 Å². The molecule has 2 N–H and O–H groups in total. The molecule has 2 heteroatoms. The summed E-state index contributed by atoms with van der Waals surface area (Å²) >= 11 is 0. The van der Waals surface area contributed by atoms with Crippen LogP contribution in [0.3, 0.4) is 0 Å². The zero-order chi connectivity index (χ0) is 12.7. The highest BCUT2D eigenvalue weighted by molar-refractivity contribution is 4.93. The van der Waals surface area contributed by atoms with Gasteiger partial charge in [-0.1, -0.05) is 39.5 Å². The minimum absolute atomic E-state index is 0.573. The Hall–Kier alpha value is -0.0800. The molecule has 2 nitrogen and oxygen atoms in total. The first kappa shape index (κ1) is 15.9. The second-order valence-corrected chi connectivity index (χ2v) is 5.47. The van der Waals surface area contributed by atoms with Crippen LogP contribution in [0, 0.1) is 6.42 Å². The van der Waals surface area contributed by atoms with Crippen molar-refractivity contribution >= 4 is 0 Å². The molecule has 0 bridgehead atoms. The lowest BCUT2D eigenvalue weighted by atomic mass is 9.86. The molecule has 0 saturated carbocycles. The van der Waals surface area contributed by atoms with Gasteiger partial charge in [0.1, 0.15) is 0 Å². The van der Waals surface area contributed by atoms with E-state index in [1.165, 1.54) is 0 Å². The Labute approximate surface area is 101 Å². The molecule has 0 aliphatic heterocycles. The van der Waals surface area contributed by atoms with Gasteiger partial charge in [0.25, 0.3) is 0 Å². The summed E-state index contributed by atoms with van der Waals surface area (Å²) in [6, 6.07) is 0. The van der Waals surface area contributed by atoms with Crippen LogP contribution in [0.4, 0.5) is 0 Å². The molecule has 0 spiro atoms. The standard InChI is InChI=1S/C14H29O2/c1-5-7-9-13(3,15)11-12-14(4,16)10-8-6-2/h11,15-16H,5-10,12H2,1-4H3. The molecule has 2 unspecified atom stereocenters. The Balaban J connectivity index is 3.91. The maximum atomic E-state index is 10.1. The summed E-state index contributed by atoms with van der Waals surface area (Å²) in [5, 5.41) is 20.2. The topological polar surface area (TPSA) is 40.5 Å². The van der Waals surface area contributed by atoms with Crippen molar-refractivity contribution in [3.63, 3.8) is 0 Å². The molecule has 0 aromatic heterocycles. The lowest BCUT2D eigenvalue weighted by Gasteiger charge is -2.29. The van der Waals surface area contributed by atoms with Gasteiger partial charge < -0.3 is 10.2 Å². The first-order valence-electron chi connectivity index (χ1n) is 6.62. The van der Waals surface area contributed by atoms with Gasteiger partial charge in [-0.05, 0) is 39.5 Å². The van der Waals surface area contributed by atoms with Gasteiger partial charge in [0.05, 0.1) is 11.2 Å². The average molecular weight is 229 g/mol. The molecule has 0 fully saturated rings. The monoisotopic (exact) mass is 229 g/mol. The molecule has 0 heterocycles. The van der Waals surface area contributed by atoms with E-state index in [1.54, 1.807) is 0 Å². The highest BCUT2D eigenvalue weighted by atomic mass is 16.3. The third-order valence-electron chi connectivity index (χ3n) is 3.09. The van der Waals surface area contributed by atoms with Crippen molar-refractivity contribution in [2.75, 3.05) is 0 Å². The van der Waals surface area contributed by atoms with Gasteiger partial charge in [0.15, 0.2) is 0 Å². The van der Waals surface area contributed by atoms with Crippen LogP contribution in [-0.2, 0) is 0 Å². The summed E-state index contributed by atoms with van der Waals surface area (Å²) in [6.45, 7) is 7.93. The van der Waals surface area contributed by atoms with Gasteiger partial charge in [0.2, 0.25) is 0 Å². The molecule has 0 aliphatic rings. The maximum Gasteiger partial charge on any atom is 0.0652 e. The van der Waals surface area contributed by atoms with Crippen LogP contribution in [0.25, 0.3) is 0 Å². The SMILES string of the molecule is CCCCC(C)(O)[CH]CC(C)(O)CCCC. The van der Waals surface area contributed by atoms with Crippen LogP contribution in [0.15, 0.2) is 0 Å². The maximum absolute atomic E-state index is 10.1. The van der Waals surface area contributed by atoms with E-state index in [0.29, 0.717) is 6.42 Å². The van der Waals surface area contributed by atoms with Crippen LogP contribution in [0.1, 0.15) is 72.6 Å². The van der Waals surface area contributed by atoms with E-state index in [0.717, 1.165) is 38.5 Å². The highest BCUT2D eigenvalue weighted by Gasteiger charge is 2.26. The first-order valence-corrected chi connectivity index (χ1v) is 6.62. The summed E-state index contributed by atoms with van der Waals surface area (Å²) in [4.78, 5) is 0. The van der Waals surface area contributed by atoms with Crippen molar-refractivity contribution in [1.29, 1.82) is 0 Å². The summed E-state index contributed by atoms with van der Waals surface area (Å²) in [6.07, 6.45) is 8.30. The van der Waals surface area contributed by atoms with E-state index >= 15 is 0 Å². The number of aliphatic hydroxyl groups is 2. The Bertz CT molecular complexity index is 154.